The van der Waals surface area contributed by atoms with Gasteiger partial charge in [0.15, 0.2) is 0 Å². The number of benzene rings is 1. The summed E-state index contributed by atoms with van der Waals surface area (Å²) < 4.78 is 41.6. The normalized spacial score (nSPS) is 18.1. The number of carbonyl (C=O) groups is 1. The van der Waals surface area contributed by atoms with Gasteiger partial charge < -0.3 is 25.9 Å². The number of pyridine rings is 1. The van der Waals surface area contributed by atoms with E-state index in [2.05, 4.69) is 58.3 Å². The van der Waals surface area contributed by atoms with Gasteiger partial charge in [0.25, 0.3) is 5.91 Å². The molecule has 1 aliphatic heterocycles. The van der Waals surface area contributed by atoms with E-state index >= 15 is 0 Å². The van der Waals surface area contributed by atoms with Crippen LogP contribution in [0.2, 0.25) is 0 Å². The second-order valence-electron chi connectivity index (χ2n) is 10.7. The lowest BCUT2D eigenvalue weighted by Gasteiger charge is -2.44. The van der Waals surface area contributed by atoms with Crippen LogP contribution in [0.15, 0.2) is 48.6 Å². The summed E-state index contributed by atoms with van der Waals surface area (Å²) in [5.74, 6) is 4.90. The van der Waals surface area contributed by atoms with E-state index in [0.717, 1.165) is 36.6 Å². The summed E-state index contributed by atoms with van der Waals surface area (Å²) in [6.45, 7) is 18.6. The molecule has 2 atom stereocenters. The van der Waals surface area contributed by atoms with Gasteiger partial charge in [0.05, 0.1) is 33.9 Å². The van der Waals surface area contributed by atoms with E-state index in [-0.39, 0.29) is 17.8 Å². The number of hydrazine groups is 1. The molecule has 0 saturated carbocycles. The van der Waals surface area contributed by atoms with Crippen LogP contribution < -0.4 is 26.8 Å². The Labute approximate surface area is 246 Å². The first-order valence-corrected chi connectivity index (χ1v) is 14.1. The molecule has 1 aromatic heterocycles. The summed E-state index contributed by atoms with van der Waals surface area (Å²) in [5.41, 5.74) is 5.15. The van der Waals surface area contributed by atoms with Gasteiger partial charge >= 0.3 is 6.18 Å². The number of likely N-dealkylation sites (N-methyl/N-ethyl adjacent to an activating group) is 2. The third-order valence-electron chi connectivity index (χ3n) is 7.87. The number of hydrogen-bond acceptors (Lipinski definition) is 8. The molecule has 2 aromatic rings. The molecule has 0 radical (unpaired) electrons. The van der Waals surface area contributed by atoms with Gasteiger partial charge in [-0.25, -0.2) is 0 Å². The third-order valence-corrected chi connectivity index (χ3v) is 7.87. The molecule has 1 aromatic carbocycles. The fourth-order valence-corrected chi connectivity index (χ4v) is 5.11. The molecule has 2 heterocycles. The van der Waals surface area contributed by atoms with Gasteiger partial charge in [-0.1, -0.05) is 6.58 Å². The topological polar surface area (TPSA) is 102 Å². The Hall–Kier alpha value is -3.77. The highest BCUT2D eigenvalue weighted by Crippen LogP contribution is 2.36. The number of hydrogen-bond donors (Lipinski definition) is 4. The predicted octanol–water partition coefficient (Wildman–Crippen LogP) is 5.07. The number of piperazine rings is 1. The molecular weight excluding hydrogens is 545 g/mol. The summed E-state index contributed by atoms with van der Waals surface area (Å²) in [4.78, 5) is 23.8. The van der Waals surface area contributed by atoms with E-state index < -0.39 is 23.2 Å². The number of rotatable bonds is 10. The van der Waals surface area contributed by atoms with Gasteiger partial charge in [0.1, 0.15) is 0 Å². The van der Waals surface area contributed by atoms with E-state index in [9.17, 15) is 18.0 Å². The van der Waals surface area contributed by atoms with Gasteiger partial charge in [-0.3, -0.25) is 20.5 Å². The molecule has 1 saturated heterocycles. The van der Waals surface area contributed by atoms with E-state index in [1.54, 1.807) is 12.3 Å². The molecule has 9 nitrogen and oxygen atoms in total. The Bertz CT molecular complexity index is 1310. The summed E-state index contributed by atoms with van der Waals surface area (Å²) in [5, 5.41) is 6.00. The largest absolute Gasteiger partial charge is 0.417 e. The number of alkyl halides is 3. The molecule has 0 spiro atoms. The highest BCUT2D eigenvalue weighted by Gasteiger charge is 2.36. The summed E-state index contributed by atoms with van der Waals surface area (Å²) >= 11 is 0. The molecule has 42 heavy (non-hydrogen) atoms. The average Bonchev–Trinajstić information content (AvgIpc) is 2.93. The molecule has 3 rings (SSSR count). The van der Waals surface area contributed by atoms with Crippen LogP contribution in [0.25, 0.3) is 0 Å². The molecule has 0 bridgehead atoms. The molecule has 5 N–H and O–H groups in total. The van der Waals surface area contributed by atoms with Crippen molar-refractivity contribution < 1.29 is 18.0 Å². The van der Waals surface area contributed by atoms with E-state index in [1.165, 1.54) is 6.92 Å². The van der Waals surface area contributed by atoms with Crippen LogP contribution in [0.3, 0.4) is 0 Å². The SMILES string of the molecule is C=C(/C(=C/Nc1cc(NC(=O)c2cnc(C)cc2C(F)(F)F)c(N2CC(C)N(C)C(C)C2)cc1C)NN)N(CC)CC. The molecule has 12 heteroatoms. The maximum Gasteiger partial charge on any atom is 0.417 e. The van der Waals surface area contributed by atoms with Crippen LogP contribution >= 0.6 is 0 Å². The summed E-state index contributed by atoms with van der Waals surface area (Å²) in [7, 11) is 2.07. The van der Waals surface area contributed by atoms with Crippen LogP contribution in [-0.2, 0) is 6.18 Å². The monoisotopic (exact) mass is 588 g/mol. The number of carbonyl (C=O) groups excluding carboxylic acids is 1. The highest BCUT2D eigenvalue weighted by atomic mass is 19.4. The average molecular weight is 589 g/mol. The zero-order valence-corrected chi connectivity index (χ0v) is 25.5. The van der Waals surface area contributed by atoms with Gasteiger partial charge in [0, 0.05) is 62.0 Å². The number of aromatic nitrogens is 1. The molecule has 230 valence electrons. The smallest absolute Gasteiger partial charge is 0.371 e. The zero-order chi connectivity index (χ0) is 31.4. The second kappa shape index (κ2) is 13.5. The van der Waals surface area contributed by atoms with Crippen molar-refractivity contribution in [2.75, 3.05) is 48.8 Å². The molecule has 1 fully saturated rings. The molecule has 1 amide bonds. The van der Waals surface area contributed by atoms with Gasteiger partial charge in [-0.2, -0.15) is 13.2 Å². The number of nitrogens with zero attached hydrogens (tertiary/aromatic N) is 4. The minimum atomic E-state index is -4.71. The molecular formula is C30H43F3N8O. The van der Waals surface area contributed by atoms with Crippen LogP contribution in [0.5, 0.6) is 0 Å². The van der Waals surface area contributed by atoms with E-state index in [1.807, 2.05) is 31.7 Å². The quantitative estimate of drug-likeness (QED) is 0.173. The first kappa shape index (κ1) is 32.7. The Morgan fingerprint density at radius 3 is 2.31 bits per heavy atom. The Balaban J connectivity index is 2.07. The lowest BCUT2D eigenvalue weighted by atomic mass is 10.0. The maximum atomic E-state index is 13.9. The van der Waals surface area contributed by atoms with E-state index in [0.29, 0.717) is 35.9 Å². The summed E-state index contributed by atoms with van der Waals surface area (Å²) in [6, 6.07) is 5.00. The fraction of sp³-hybridized carbons (Fsp3) is 0.467. The number of nitrogens with one attached hydrogen (secondary N) is 3. The highest BCUT2D eigenvalue weighted by molar-refractivity contribution is 6.07. The predicted molar refractivity (Wildman–Crippen MR) is 163 cm³/mol. The van der Waals surface area contributed by atoms with Crippen LogP contribution in [0.4, 0.5) is 30.2 Å². The van der Waals surface area contributed by atoms with Crippen LogP contribution in [-0.4, -0.2) is 66.0 Å². The minimum Gasteiger partial charge on any atom is -0.371 e. The van der Waals surface area contributed by atoms with Crippen molar-refractivity contribution in [3.8, 4) is 0 Å². The maximum absolute atomic E-state index is 13.9. The van der Waals surface area contributed by atoms with Crippen molar-refractivity contribution in [2.45, 2.75) is 59.8 Å². The van der Waals surface area contributed by atoms with E-state index in [4.69, 9.17) is 5.84 Å². The standard InChI is InChI=1S/C30H43F3N8O/c1-9-40(10-2)22(7)27(38-34)15-36-25-13-26(28(11-18(25)3)41-16-20(5)39(8)21(6)17-41)37-29(42)23-14-35-19(4)12-24(23)30(31,32)33/h11-15,20-21,36,38H,7,9-10,16-17,34H2,1-6,8H3,(H,37,42)/b27-15-. The number of amides is 1. The summed E-state index contributed by atoms with van der Waals surface area (Å²) in [6.07, 6.45) is -2.06. The fourth-order valence-electron chi connectivity index (χ4n) is 5.11. The Morgan fingerprint density at radius 1 is 1.14 bits per heavy atom. The Kier molecular flexibility index (Phi) is 10.5. The van der Waals surface area contributed by atoms with Crippen molar-refractivity contribution in [1.82, 2.24) is 20.2 Å². The molecule has 2 unspecified atom stereocenters. The van der Waals surface area contributed by atoms with Gasteiger partial charge in [-0.15, -0.1) is 0 Å². The minimum absolute atomic E-state index is 0.171. The number of anilines is 3. The lowest BCUT2D eigenvalue weighted by molar-refractivity contribution is -0.138. The lowest BCUT2D eigenvalue weighted by Crippen LogP contribution is -2.55. The third kappa shape index (κ3) is 7.35. The number of nitrogens with two attached hydrogens (primary N) is 1. The van der Waals surface area contributed by atoms with Crippen LogP contribution in [0, 0.1) is 13.8 Å². The van der Waals surface area contributed by atoms with Gasteiger partial charge in [-0.05, 0) is 72.4 Å². The van der Waals surface area contributed by atoms with Crippen molar-refractivity contribution in [1.29, 1.82) is 0 Å². The number of aryl methyl sites for hydroxylation is 2. The molecule has 0 aliphatic carbocycles. The Morgan fingerprint density at radius 2 is 1.76 bits per heavy atom. The number of halogens is 3. The van der Waals surface area contributed by atoms with Crippen molar-refractivity contribution in [2.24, 2.45) is 5.84 Å². The second-order valence-corrected chi connectivity index (χ2v) is 10.7. The first-order chi connectivity index (χ1) is 19.7. The van der Waals surface area contributed by atoms with Crippen molar-refractivity contribution in [3.63, 3.8) is 0 Å². The van der Waals surface area contributed by atoms with Gasteiger partial charge in [0.2, 0.25) is 0 Å². The van der Waals surface area contributed by atoms with Crippen molar-refractivity contribution >= 4 is 23.0 Å². The molecule has 1 aliphatic rings. The first-order valence-electron chi connectivity index (χ1n) is 14.1. The van der Waals surface area contributed by atoms with Crippen LogP contribution in [0.1, 0.15) is 54.9 Å². The van der Waals surface area contributed by atoms with Crippen molar-refractivity contribution in [3.05, 3.63) is 71.0 Å². The zero-order valence-electron chi connectivity index (χ0n) is 25.5.